The van der Waals surface area contributed by atoms with Crippen LogP contribution >= 0.6 is 15.9 Å². The molecule has 0 fully saturated rings. The zero-order chi connectivity index (χ0) is 14.1. The largest absolute Gasteiger partial charge is 0.476 e. The van der Waals surface area contributed by atoms with E-state index in [1.807, 2.05) is 24.3 Å². The van der Waals surface area contributed by atoms with E-state index in [0.717, 1.165) is 47.0 Å². The molecule has 1 heterocycles. The van der Waals surface area contributed by atoms with Gasteiger partial charge in [-0.05, 0) is 37.8 Å². The van der Waals surface area contributed by atoms with Gasteiger partial charge in [0.2, 0.25) is 0 Å². The topological polar surface area (TPSA) is 63.1 Å². The highest BCUT2D eigenvalue weighted by molar-refractivity contribution is 9.10. The number of aryl methyl sites for hydroxylation is 1. The molecule has 4 nitrogen and oxygen atoms in total. The Hall–Kier alpha value is -1.75. The molecule has 0 saturated heterocycles. The Kier molecular flexibility index (Phi) is 3.53. The second kappa shape index (κ2) is 5.32. The summed E-state index contributed by atoms with van der Waals surface area (Å²) in [7, 11) is 0. The second-order valence-electron chi connectivity index (χ2n) is 4.84. The van der Waals surface area contributed by atoms with Gasteiger partial charge in [-0.1, -0.05) is 28.1 Å². The third-order valence-corrected chi connectivity index (χ3v) is 3.96. The van der Waals surface area contributed by atoms with Gasteiger partial charge in [-0.25, -0.2) is 14.8 Å². The molecule has 0 saturated carbocycles. The summed E-state index contributed by atoms with van der Waals surface area (Å²) < 4.78 is 0.924. The lowest BCUT2D eigenvalue weighted by atomic mass is 9.94. The van der Waals surface area contributed by atoms with Crippen LogP contribution in [0.25, 0.3) is 11.4 Å². The molecule has 1 aliphatic carbocycles. The van der Waals surface area contributed by atoms with Crippen LogP contribution in [0.3, 0.4) is 0 Å². The molecule has 0 aliphatic heterocycles. The molecule has 1 N–H and O–H groups in total. The minimum Gasteiger partial charge on any atom is -0.476 e. The average molecular weight is 333 g/mol. The third-order valence-electron chi connectivity index (χ3n) is 3.47. The minimum absolute atomic E-state index is 0.157. The van der Waals surface area contributed by atoms with Gasteiger partial charge in [0.05, 0.1) is 0 Å². The summed E-state index contributed by atoms with van der Waals surface area (Å²) in [4.78, 5) is 20.3. The van der Waals surface area contributed by atoms with Gasteiger partial charge < -0.3 is 5.11 Å². The molecule has 1 aromatic heterocycles. The SMILES string of the molecule is O=C(O)c1nc(-c2cccc(Br)c2)nc2c1CCCC2. The summed E-state index contributed by atoms with van der Waals surface area (Å²) >= 11 is 3.41. The number of halogens is 1. The Morgan fingerprint density at radius 2 is 2.00 bits per heavy atom. The average Bonchev–Trinajstić information content (AvgIpc) is 2.46. The fourth-order valence-corrected chi connectivity index (χ4v) is 2.93. The number of hydrogen-bond donors (Lipinski definition) is 1. The molecule has 1 aliphatic rings. The molecular weight excluding hydrogens is 320 g/mol. The Labute approximate surface area is 125 Å². The van der Waals surface area contributed by atoms with Crippen molar-refractivity contribution in [3.63, 3.8) is 0 Å². The van der Waals surface area contributed by atoms with E-state index >= 15 is 0 Å². The van der Waals surface area contributed by atoms with Crippen molar-refractivity contribution in [3.05, 3.63) is 45.7 Å². The number of hydrogen-bond acceptors (Lipinski definition) is 3. The lowest BCUT2D eigenvalue weighted by Gasteiger charge is -2.17. The molecule has 3 rings (SSSR count). The fraction of sp³-hybridized carbons (Fsp3) is 0.267. The highest BCUT2D eigenvalue weighted by atomic mass is 79.9. The number of nitrogens with zero attached hydrogens (tertiary/aromatic N) is 2. The smallest absolute Gasteiger partial charge is 0.354 e. The standard InChI is InChI=1S/C15H13BrN2O2/c16-10-5-3-4-9(8-10)14-17-12-7-2-1-6-11(12)13(18-14)15(19)20/h3-5,8H,1-2,6-7H2,(H,19,20). The van der Waals surface area contributed by atoms with Crippen LogP contribution in [-0.2, 0) is 12.8 Å². The number of aromatic carboxylic acids is 1. The zero-order valence-electron chi connectivity index (χ0n) is 10.8. The predicted molar refractivity (Wildman–Crippen MR) is 78.8 cm³/mol. The van der Waals surface area contributed by atoms with E-state index in [1.54, 1.807) is 0 Å². The maximum absolute atomic E-state index is 11.4. The second-order valence-corrected chi connectivity index (χ2v) is 5.76. The maximum atomic E-state index is 11.4. The van der Waals surface area contributed by atoms with E-state index < -0.39 is 5.97 Å². The molecule has 0 bridgehead atoms. The molecule has 2 aromatic rings. The molecule has 102 valence electrons. The van der Waals surface area contributed by atoms with Crippen LogP contribution in [0.15, 0.2) is 28.7 Å². The van der Waals surface area contributed by atoms with Crippen molar-refractivity contribution in [2.75, 3.05) is 0 Å². The lowest BCUT2D eigenvalue weighted by molar-refractivity contribution is 0.0688. The summed E-state index contributed by atoms with van der Waals surface area (Å²) in [6.07, 6.45) is 3.66. The number of carboxylic acid groups (broad SMARTS) is 1. The van der Waals surface area contributed by atoms with Crippen molar-refractivity contribution in [2.45, 2.75) is 25.7 Å². The zero-order valence-corrected chi connectivity index (χ0v) is 12.4. The number of fused-ring (bicyclic) bond motifs is 1. The quantitative estimate of drug-likeness (QED) is 0.914. The number of carbonyl (C=O) groups is 1. The van der Waals surface area contributed by atoms with Crippen LogP contribution in [0.4, 0.5) is 0 Å². The maximum Gasteiger partial charge on any atom is 0.354 e. The summed E-state index contributed by atoms with van der Waals surface area (Å²) in [5.74, 6) is -0.480. The Bertz CT molecular complexity index is 686. The van der Waals surface area contributed by atoms with Gasteiger partial charge in [0.25, 0.3) is 0 Å². The van der Waals surface area contributed by atoms with Gasteiger partial charge in [0.1, 0.15) is 0 Å². The monoisotopic (exact) mass is 332 g/mol. The molecule has 5 heteroatoms. The molecule has 1 aromatic carbocycles. The van der Waals surface area contributed by atoms with Crippen molar-refractivity contribution < 1.29 is 9.90 Å². The van der Waals surface area contributed by atoms with Gasteiger partial charge in [-0.15, -0.1) is 0 Å². The molecule has 0 radical (unpaired) electrons. The van der Waals surface area contributed by atoms with Crippen molar-refractivity contribution >= 4 is 21.9 Å². The van der Waals surface area contributed by atoms with Crippen molar-refractivity contribution in [2.24, 2.45) is 0 Å². The third kappa shape index (κ3) is 2.45. The first-order valence-corrected chi connectivity index (χ1v) is 7.33. The van der Waals surface area contributed by atoms with E-state index in [1.165, 1.54) is 0 Å². The predicted octanol–water partition coefficient (Wildman–Crippen LogP) is 3.48. The van der Waals surface area contributed by atoms with Crippen LogP contribution in [0.5, 0.6) is 0 Å². The van der Waals surface area contributed by atoms with E-state index in [2.05, 4.69) is 25.9 Å². The summed E-state index contributed by atoms with van der Waals surface area (Å²) in [5.41, 5.74) is 2.68. The van der Waals surface area contributed by atoms with Crippen LogP contribution in [-0.4, -0.2) is 21.0 Å². The summed E-state index contributed by atoms with van der Waals surface area (Å²) in [6, 6.07) is 7.60. The van der Waals surface area contributed by atoms with E-state index in [9.17, 15) is 9.90 Å². The van der Waals surface area contributed by atoms with Gasteiger partial charge in [0.15, 0.2) is 11.5 Å². The lowest BCUT2D eigenvalue weighted by Crippen LogP contribution is -2.15. The van der Waals surface area contributed by atoms with E-state index in [0.29, 0.717) is 5.82 Å². The molecule has 20 heavy (non-hydrogen) atoms. The number of benzene rings is 1. The van der Waals surface area contributed by atoms with E-state index in [4.69, 9.17) is 0 Å². The summed E-state index contributed by atoms with van der Waals surface area (Å²) in [6.45, 7) is 0. The van der Waals surface area contributed by atoms with Crippen molar-refractivity contribution in [3.8, 4) is 11.4 Å². The van der Waals surface area contributed by atoms with Crippen molar-refractivity contribution in [1.82, 2.24) is 9.97 Å². The van der Waals surface area contributed by atoms with Crippen LogP contribution < -0.4 is 0 Å². The van der Waals surface area contributed by atoms with E-state index in [-0.39, 0.29) is 5.69 Å². The van der Waals surface area contributed by atoms with Gasteiger partial charge >= 0.3 is 5.97 Å². The minimum atomic E-state index is -0.971. The van der Waals surface area contributed by atoms with Crippen LogP contribution in [0.2, 0.25) is 0 Å². The van der Waals surface area contributed by atoms with Gasteiger partial charge in [-0.3, -0.25) is 0 Å². The number of aromatic nitrogens is 2. The first kappa shape index (κ1) is 13.2. The Morgan fingerprint density at radius 3 is 2.75 bits per heavy atom. The highest BCUT2D eigenvalue weighted by Crippen LogP contribution is 2.26. The molecule has 0 amide bonds. The molecule has 0 atom stereocenters. The van der Waals surface area contributed by atoms with Gasteiger partial charge in [-0.2, -0.15) is 0 Å². The molecule has 0 unspecified atom stereocenters. The molecular formula is C15H13BrN2O2. The van der Waals surface area contributed by atoms with Crippen LogP contribution in [0.1, 0.15) is 34.6 Å². The first-order chi connectivity index (χ1) is 9.65. The number of rotatable bonds is 2. The highest BCUT2D eigenvalue weighted by Gasteiger charge is 2.22. The Balaban J connectivity index is 2.17. The van der Waals surface area contributed by atoms with Gasteiger partial charge in [0, 0.05) is 21.3 Å². The Morgan fingerprint density at radius 1 is 1.20 bits per heavy atom. The fourth-order valence-electron chi connectivity index (χ4n) is 2.53. The number of carboxylic acids is 1. The summed E-state index contributed by atoms with van der Waals surface area (Å²) in [5, 5.41) is 9.37. The van der Waals surface area contributed by atoms with Crippen molar-refractivity contribution in [1.29, 1.82) is 0 Å². The normalized spacial score (nSPS) is 13.8. The first-order valence-electron chi connectivity index (χ1n) is 6.54. The van der Waals surface area contributed by atoms with Crippen LogP contribution in [0, 0.1) is 0 Å². The molecule has 0 spiro atoms.